The monoisotopic (exact) mass is 250 g/mol. The van der Waals surface area contributed by atoms with Crippen molar-refractivity contribution in [3.05, 3.63) is 17.8 Å². The number of carbonyl (C=O) groups excluding carboxylic acids is 1. The fourth-order valence-electron chi connectivity index (χ4n) is 2.15. The molecule has 0 radical (unpaired) electrons. The molecule has 2 atom stereocenters. The van der Waals surface area contributed by atoms with E-state index in [9.17, 15) is 4.79 Å². The predicted octanol–water partition coefficient (Wildman–Crippen LogP) is 0.945. The normalized spacial score (nSPS) is 23.4. The van der Waals surface area contributed by atoms with Gasteiger partial charge in [-0.3, -0.25) is 0 Å². The van der Waals surface area contributed by atoms with Crippen LogP contribution >= 0.6 is 0 Å². The Bertz CT molecular complexity index is 407. The van der Waals surface area contributed by atoms with Gasteiger partial charge in [0.2, 0.25) is 0 Å². The molecule has 0 aliphatic heterocycles. The van der Waals surface area contributed by atoms with Gasteiger partial charge in [0.25, 0.3) is 0 Å². The molecule has 1 aromatic rings. The maximum absolute atomic E-state index is 11.2. The third-order valence-corrected chi connectivity index (χ3v) is 3.21. The van der Waals surface area contributed by atoms with E-state index in [-0.39, 0.29) is 17.8 Å². The number of nitrogens with zero attached hydrogens (tertiary/aromatic N) is 2. The number of hydrogen-bond donors (Lipinski definition) is 2. The first kappa shape index (κ1) is 12.8. The Morgan fingerprint density at radius 1 is 1.39 bits per heavy atom. The summed E-state index contributed by atoms with van der Waals surface area (Å²) in [6.07, 6.45) is 4.44. The lowest BCUT2D eigenvalue weighted by atomic mass is 9.91. The van der Waals surface area contributed by atoms with Gasteiger partial charge in [0.1, 0.15) is 5.82 Å². The molecule has 3 N–H and O–H groups in total. The second kappa shape index (κ2) is 5.77. The van der Waals surface area contributed by atoms with Gasteiger partial charge in [-0.2, -0.15) is 0 Å². The predicted molar refractivity (Wildman–Crippen MR) is 67.2 cm³/mol. The highest BCUT2D eigenvalue weighted by Crippen LogP contribution is 2.19. The van der Waals surface area contributed by atoms with Crippen molar-refractivity contribution in [2.45, 2.75) is 37.8 Å². The Morgan fingerprint density at radius 3 is 2.78 bits per heavy atom. The maximum Gasteiger partial charge on any atom is 0.358 e. The number of esters is 1. The molecule has 6 nitrogen and oxygen atoms in total. The zero-order valence-corrected chi connectivity index (χ0v) is 10.4. The summed E-state index contributed by atoms with van der Waals surface area (Å²) in [6, 6.07) is 3.70. The molecule has 98 valence electrons. The van der Waals surface area contributed by atoms with Crippen molar-refractivity contribution in [3.8, 4) is 0 Å². The highest BCUT2D eigenvalue weighted by Gasteiger charge is 2.22. The summed E-state index contributed by atoms with van der Waals surface area (Å²) in [6.45, 7) is 0. The summed E-state index contributed by atoms with van der Waals surface area (Å²) in [7, 11) is 1.32. The van der Waals surface area contributed by atoms with Crippen molar-refractivity contribution >= 4 is 11.8 Å². The van der Waals surface area contributed by atoms with Crippen LogP contribution in [0, 0.1) is 0 Å². The maximum atomic E-state index is 11.2. The van der Waals surface area contributed by atoms with Gasteiger partial charge in [0, 0.05) is 12.1 Å². The molecular formula is C12H18N4O2. The van der Waals surface area contributed by atoms with Gasteiger partial charge in [-0.05, 0) is 25.0 Å². The Morgan fingerprint density at radius 2 is 2.17 bits per heavy atom. The van der Waals surface area contributed by atoms with E-state index in [0.29, 0.717) is 5.82 Å². The van der Waals surface area contributed by atoms with E-state index in [1.54, 1.807) is 12.1 Å². The highest BCUT2D eigenvalue weighted by atomic mass is 16.5. The summed E-state index contributed by atoms with van der Waals surface area (Å²) in [5, 5.41) is 11.0. The van der Waals surface area contributed by atoms with Crippen LogP contribution < -0.4 is 11.1 Å². The Kier molecular flexibility index (Phi) is 4.09. The first-order chi connectivity index (χ1) is 8.70. The van der Waals surface area contributed by atoms with E-state index in [1.165, 1.54) is 20.0 Å². The summed E-state index contributed by atoms with van der Waals surface area (Å²) >= 11 is 0. The van der Waals surface area contributed by atoms with Crippen molar-refractivity contribution in [1.29, 1.82) is 0 Å². The first-order valence-electron chi connectivity index (χ1n) is 6.15. The van der Waals surface area contributed by atoms with Crippen LogP contribution in [0.4, 0.5) is 5.82 Å². The van der Waals surface area contributed by atoms with Crippen LogP contribution in [0.3, 0.4) is 0 Å². The number of nitrogens with one attached hydrogen (secondary N) is 1. The average molecular weight is 250 g/mol. The van der Waals surface area contributed by atoms with Crippen LogP contribution in [0.25, 0.3) is 0 Å². The Labute approximate surface area is 106 Å². The van der Waals surface area contributed by atoms with Gasteiger partial charge in [-0.25, -0.2) is 4.79 Å². The number of methoxy groups -OCH3 is 1. The molecule has 1 fully saturated rings. The number of carbonyl (C=O) groups is 1. The average Bonchev–Trinajstić information content (AvgIpc) is 2.41. The second-order valence-corrected chi connectivity index (χ2v) is 4.49. The van der Waals surface area contributed by atoms with Crippen molar-refractivity contribution in [3.63, 3.8) is 0 Å². The molecule has 6 heteroatoms. The molecule has 1 aliphatic carbocycles. The lowest BCUT2D eigenvalue weighted by molar-refractivity contribution is 0.0593. The van der Waals surface area contributed by atoms with Crippen LogP contribution in [0.15, 0.2) is 12.1 Å². The van der Waals surface area contributed by atoms with Gasteiger partial charge in [0.15, 0.2) is 5.69 Å². The summed E-state index contributed by atoms with van der Waals surface area (Å²) in [5.41, 5.74) is 6.25. The van der Waals surface area contributed by atoms with E-state index in [0.717, 1.165) is 12.8 Å². The van der Waals surface area contributed by atoms with Gasteiger partial charge < -0.3 is 15.8 Å². The smallest absolute Gasteiger partial charge is 0.358 e. The molecule has 1 heterocycles. The molecule has 0 aromatic carbocycles. The zero-order valence-electron chi connectivity index (χ0n) is 10.4. The number of rotatable bonds is 3. The molecular weight excluding hydrogens is 232 g/mol. The molecule has 0 bridgehead atoms. The lowest BCUT2D eigenvalue weighted by Crippen LogP contribution is -2.42. The van der Waals surface area contributed by atoms with Gasteiger partial charge in [0.05, 0.1) is 7.11 Å². The van der Waals surface area contributed by atoms with Gasteiger partial charge in [-0.15, -0.1) is 10.2 Å². The summed E-state index contributed by atoms with van der Waals surface area (Å²) < 4.78 is 4.56. The van der Waals surface area contributed by atoms with Gasteiger partial charge >= 0.3 is 5.97 Å². The topological polar surface area (TPSA) is 90.1 Å². The molecule has 1 aliphatic rings. The fraction of sp³-hybridized carbons (Fsp3) is 0.583. The van der Waals surface area contributed by atoms with Crippen molar-refractivity contribution < 1.29 is 9.53 Å². The Hall–Kier alpha value is -1.69. The van der Waals surface area contributed by atoms with E-state index in [2.05, 4.69) is 20.3 Å². The SMILES string of the molecule is COC(=O)c1ccc(NC2CCCCC2N)nn1. The van der Waals surface area contributed by atoms with Crippen molar-refractivity contribution in [1.82, 2.24) is 10.2 Å². The summed E-state index contributed by atoms with van der Waals surface area (Å²) in [4.78, 5) is 11.2. The number of hydrogen-bond acceptors (Lipinski definition) is 6. The second-order valence-electron chi connectivity index (χ2n) is 4.49. The van der Waals surface area contributed by atoms with Crippen molar-refractivity contribution in [2.75, 3.05) is 12.4 Å². The van der Waals surface area contributed by atoms with Crippen molar-refractivity contribution in [2.24, 2.45) is 5.73 Å². The van der Waals surface area contributed by atoms with E-state index in [1.807, 2.05) is 0 Å². The lowest BCUT2D eigenvalue weighted by Gasteiger charge is -2.29. The molecule has 0 amide bonds. The quantitative estimate of drug-likeness (QED) is 0.776. The Balaban J connectivity index is 1.99. The number of nitrogens with two attached hydrogens (primary N) is 1. The third kappa shape index (κ3) is 2.95. The largest absolute Gasteiger partial charge is 0.464 e. The molecule has 2 unspecified atom stereocenters. The molecule has 0 spiro atoms. The minimum Gasteiger partial charge on any atom is -0.464 e. The number of aromatic nitrogens is 2. The molecule has 2 rings (SSSR count). The van der Waals surface area contributed by atoms with Crippen LogP contribution in [-0.2, 0) is 4.74 Å². The molecule has 0 saturated heterocycles. The number of ether oxygens (including phenoxy) is 1. The van der Waals surface area contributed by atoms with Gasteiger partial charge in [-0.1, -0.05) is 12.8 Å². The summed E-state index contributed by atoms with van der Waals surface area (Å²) in [5.74, 6) is 0.161. The standard InChI is InChI=1S/C12H18N4O2/c1-18-12(17)10-6-7-11(16-15-10)14-9-5-3-2-4-8(9)13/h6-9H,2-5,13H2,1H3,(H,14,16). The zero-order chi connectivity index (χ0) is 13.0. The van der Waals surface area contributed by atoms with Crippen LogP contribution in [-0.4, -0.2) is 35.4 Å². The minimum absolute atomic E-state index is 0.154. The van der Waals surface area contributed by atoms with E-state index >= 15 is 0 Å². The van der Waals surface area contributed by atoms with Crippen LogP contribution in [0.5, 0.6) is 0 Å². The number of anilines is 1. The molecule has 1 aromatic heterocycles. The molecule has 1 saturated carbocycles. The van der Waals surface area contributed by atoms with E-state index < -0.39 is 5.97 Å². The molecule has 18 heavy (non-hydrogen) atoms. The van der Waals surface area contributed by atoms with Crippen LogP contribution in [0.1, 0.15) is 36.2 Å². The fourth-order valence-corrected chi connectivity index (χ4v) is 2.15. The third-order valence-electron chi connectivity index (χ3n) is 3.21. The van der Waals surface area contributed by atoms with Crippen LogP contribution in [0.2, 0.25) is 0 Å². The van der Waals surface area contributed by atoms with E-state index in [4.69, 9.17) is 5.73 Å². The highest BCUT2D eigenvalue weighted by molar-refractivity contribution is 5.86. The minimum atomic E-state index is -0.483. The first-order valence-corrected chi connectivity index (χ1v) is 6.15.